The van der Waals surface area contributed by atoms with Gasteiger partial charge in [-0.15, -0.1) is 0 Å². The lowest BCUT2D eigenvalue weighted by atomic mass is 9.99. The molecule has 1 aliphatic heterocycles. The minimum atomic E-state index is -1.52. The molecule has 0 amide bonds. The molecule has 0 spiro atoms. The standard InChI is InChI=1S/C12H16O9/c1-5(13)19-8-4-18-11(12(16)17)10(21-7(3)15)9(8)20-6(2)14/h8-11H,4H2,1-3H3,(H,16,17). The molecule has 1 saturated heterocycles. The molecule has 9 heteroatoms. The molecule has 0 saturated carbocycles. The highest BCUT2D eigenvalue weighted by molar-refractivity contribution is 5.75. The summed E-state index contributed by atoms with van der Waals surface area (Å²) in [6, 6.07) is 0. The number of hydrogen-bond acceptors (Lipinski definition) is 8. The van der Waals surface area contributed by atoms with Gasteiger partial charge >= 0.3 is 23.9 Å². The fourth-order valence-electron chi connectivity index (χ4n) is 1.95. The van der Waals surface area contributed by atoms with Gasteiger partial charge in [0, 0.05) is 20.8 Å². The first-order chi connectivity index (χ1) is 9.72. The van der Waals surface area contributed by atoms with Crippen LogP contribution in [0.15, 0.2) is 0 Å². The van der Waals surface area contributed by atoms with E-state index in [0.29, 0.717) is 0 Å². The normalized spacial score (nSPS) is 28.3. The van der Waals surface area contributed by atoms with Gasteiger partial charge in [-0.25, -0.2) is 4.79 Å². The molecule has 21 heavy (non-hydrogen) atoms. The summed E-state index contributed by atoms with van der Waals surface area (Å²) in [5, 5.41) is 9.08. The maximum atomic E-state index is 11.2. The van der Waals surface area contributed by atoms with Crippen LogP contribution >= 0.6 is 0 Å². The Morgan fingerprint density at radius 3 is 1.81 bits per heavy atom. The molecule has 4 atom stereocenters. The highest BCUT2D eigenvalue weighted by atomic mass is 16.6. The van der Waals surface area contributed by atoms with Gasteiger partial charge in [0.25, 0.3) is 0 Å². The molecule has 9 nitrogen and oxygen atoms in total. The lowest BCUT2D eigenvalue weighted by molar-refractivity contribution is -0.228. The highest BCUT2D eigenvalue weighted by Crippen LogP contribution is 2.24. The van der Waals surface area contributed by atoms with Gasteiger partial charge in [-0.2, -0.15) is 0 Å². The molecule has 1 fully saturated rings. The molecule has 118 valence electrons. The van der Waals surface area contributed by atoms with Crippen molar-refractivity contribution < 1.29 is 43.2 Å². The number of carboxylic acids is 1. The zero-order chi connectivity index (χ0) is 16.2. The summed E-state index contributed by atoms with van der Waals surface area (Å²) in [5.41, 5.74) is 0. The zero-order valence-electron chi connectivity index (χ0n) is 11.7. The van der Waals surface area contributed by atoms with Crippen LogP contribution in [0.3, 0.4) is 0 Å². The average molecular weight is 304 g/mol. The van der Waals surface area contributed by atoms with E-state index in [-0.39, 0.29) is 6.61 Å². The van der Waals surface area contributed by atoms with E-state index in [0.717, 1.165) is 20.8 Å². The summed E-state index contributed by atoms with van der Waals surface area (Å²) in [5.74, 6) is -3.58. The molecule has 1 heterocycles. The minimum absolute atomic E-state index is 0.299. The van der Waals surface area contributed by atoms with Gasteiger partial charge in [-0.05, 0) is 0 Å². The Bertz CT molecular complexity index is 444. The smallest absolute Gasteiger partial charge is 0.336 e. The van der Waals surface area contributed by atoms with Crippen LogP contribution in [0, 0.1) is 0 Å². The predicted octanol–water partition coefficient (Wildman–Crippen LogP) is -0.735. The first kappa shape index (κ1) is 16.9. The van der Waals surface area contributed by atoms with Crippen molar-refractivity contribution >= 4 is 23.9 Å². The third kappa shape index (κ3) is 4.71. The van der Waals surface area contributed by atoms with Gasteiger partial charge in [0.2, 0.25) is 0 Å². The van der Waals surface area contributed by atoms with Crippen LogP contribution in [-0.2, 0) is 38.1 Å². The molecule has 0 radical (unpaired) electrons. The molecule has 0 aromatic rings. The van der Waals surface area contributed by atoms with Crippen molar-refractivity contribution in [3.8, 4) is 0 Å². The third-order valence-corrected chi connectivity index (χ3v) is 2.59. The summed E-state index contributed by atoms with van der Waals surface area (Å²) in [6.45, 7) is 3.00. The van der Waals surface area contributed by atoms with E-state index in [4.69, 9.17) is 24.1 Å². The predicted molar refractivity (Wildman–Crippen MR) is 64.0 cm³/mol. The lowest BCUT2D eigenvalue weighted by Gasteiger charge is -2.38. The molecule has 0 bridgehead atoms. The van der Waals surface area contributed by atoms with Gasteiger partial charge in [0.15, 0.2) is 24.4 Å². The molecular formula is C12H16O9. The number of rotatable bonds is 4. The number of carbonyl (C=O) groups is 4. The number of hydrogen-bond donors (Lipinski definition) is 1. The summed E-state index contributed by atoms with van der Waals surface area (Å²) in [6.07, 6.45) is -5.26. The van der Waals surface area contributed by atoms with E-state index in [1.807, 2.05) is 0 Å². The van der Waals surface area contributed by atoms with E-state index in [1.165, 1.54) is 0 Å². The van der Waals surface area contributed by atoms with Crippen molar-refractivity contribution in [3.63, 3.8) is 0 Å². The second kappa shape index (κ2) is 7.02. The SMILES string of the molecule is CC(=O)OC1COC(C(=O)O)C(OC(C)=O)C1OC(C)=O. The van der Waals surface area contributed by atoms with Crippen molar-refractivity contribution in [2.45, 2.75) is 45.2 Å². The lowest BCUT2D eigenvalue weighted by Crippen LogP contribution is -2.59. The first-order valence-corrected chi connectivity index (χ1v) is 6.08. The molecule has 0 aromatic heterocycles. The molecular weight excluding hydrogens is 288 g/mol. The van der Waals surface area contributed by atoms with Crippen molar-refractivity contribution in [2.75, 3.05) is 6.61 Å². The third-order valence-electron chi connectivity index (χ3n) is 2.59. The Hall–Kier alpha value is -2.16. The maximum absolute atomic E-state index is 11.2. The van der Waals surface area contributed by atoms with E-state index >= 15 is 0 Å². The zero-order valence-corrected chi connectivity index (χ0v) is 11.7. The first-order valence-electron chi connectivity index (χ1n) is 6.08. The topological polar surface area (TPSA) is 125 Å². The molecule has 1 aliphatic rings. The second-order valence-corrected chi connectivity index (χ2v) is 4.39. The van der Waals surface area contributed by atoms with Crippen molar-refractivity contribution in [1.29, 1.82) is 0 Å². The quantitative estimate of drug-likeness (QED) is 0.528. The van der Waals surface area contributed by atoms with Crippen LogP contribution in [0.5, 0.6) is 0 Å². The van der Waals surface area contributed by atoms with E-state index in [1.54, 1.807) is 0 Å². The molecule has 4 unspecified atom stereocenters. The minimum Gasteiger partial charge on any atom is -0.479 e. The fraction of sp³-hybridized carbons (Fsp3) is 0.667. The van der Waals surface area contributed by atoms with Gasteiger partial charge in [0.05, 0.1) is 6.61 Å². The Balaban J connectivity index is 3.06. The van der Waals surface area contributed by atoms with Crippen LogP contribution in [0.4, 0.5) is 0 Å². The second-order valence-electron chi connectivity index (χ2n) is 4.39. The van der Waals surface area contributed by atoms with Crippen molar-refractivity contribution in [2.24, 2.45) is 0 Å². The Labute approximate surface area is 120 Å². The maximum Gasteiger partial charge on any atom is 0.336 e. The summed E-state index contributed by atoms with van der Waals surface area (Å²) < 4.78 is 19.8. The van der Waals surface area contributed by atoms with Gasteiger partial charge in [0.1, 0.15) is 0 Å². The Morgan fingerprint density at radius 1 is 0.905 bits per heavy atom. The van der Waals surface area contributed by atoms with E-state index in [9.17, 15) is 19.2 Å². The van der Waals surface area contributed by atoms with Gasteiger partial charge < -0.3 is 24.1 Å². The highest BCUT2D eigenvalue weighted by Gasteiger charge is 2.49. The van der Waals surface area contributed by atoms with Crippen LogP contribution in [0.25, 0.3) is 0 Å². The van der Waals surface area contributed by atoms with Crippen LogP contribution < -0.4 is 0 Å². The summed E-state index contributed by atoms with van der Waals surface area (Å²) >= 11 is 0. The number of aliphatic carboxylic acids is 1. The van der Waals surface area contributed by atoms with Crippen LogP contribution in [0.1, 0.15) is 20.8 Å². The fourth-order valence-corrected chi connectivity index (χ4v) is 1.95. The van der Waals surface area contributed by atoms with Crippen molar-refractivity contribution in [3.05, 3.63) is 0 Å². The number of carbonyl (C=O) groups excluding carboxylic acids is 3. The summed E-state index contributed by atoms with van der Waals surface area (Å²) in [7, 11) is 0. The molecule has 1 N–H and O–H groups in total. The van der Waals surface area contributed by atoms with E-state index < -0.39 is 48.3 Å². The van der Waals surface area contributed by atoms with Crippen molar-refractivity contribution in [1.82, 2.24) is 0 Å². The molecule has 0 aromatic carbocycles. The van der Waals surface area contributed by atoms with Gasteiger partial charge in [-0.1, -0.05) is 0 Å². The summed E-state index contributed by atoms with van der Waals surface area (Å²) in [4.78, 5) is 44.5. The van der Waals surface area contributed by atoms with E-state index in [2.05, 4.69) is 0 Å². The Kier molecular flexibility index (Phi) is 5.65. The average Bonchev–Trinajstić information content (AvgIpc) is 2.31. The van der Waals surface area contributed by atoms with Crippen LogP contribution in [-0.4, -0.2) is 60.0 Å². The molecule has 0 aliphatic carbocycles. The van der Waals surface area contributed by atoms with Gasteiger partial charge in [-0.3, -0.25) is 14.4 Å². The number of ether oxygens (including phenoxy) is 4. The molecule has 1 rings (SSSR count). The van der Waals surface area contributed by atoms with Crippen LogP contribution in [0.2, 0.25) is 0 Å². The number of esters is 3. The number of carboxylic acid groups (broad SMARTS) is 1. The Morgan fingerprint density at radius 2 is 1.38 bits per heavy atom. The largest absolute Gasteiger partial charge is 0.479 e. The monoisotopic (exact) mass is 304 g/mol.